The van der Waals surface area contributed by atoms with Crippen molar-refractivity contribution >= 4 is 11.6 Å². The molecule has 3 heteroatoms. The number of carbonyl (C=O) groups excluding carboxylic acids is 2. The molecule has 0 saturated heterocycles. The Kier molecular flexibility index (Phi) is 3.87. The molecule has 0 aliphatic heterocycles. The lowest BCUT2D eigenvalue weighted by Crippen LogP contribution is -2.60. The minimum absolute atomic E-state index is 0.00494. The van der Waals surface area contributed by atoms with Gasteiger partial charge in [-0.05, 0) is 93.5 Å². The highest BCUT2D eigenvalue weighted by atomic mass is 16.5. The second-order valence-corrected chi connectivity index (χ2v) is 10.4. The maximum atomic E-state index is 13.0. The zero-order valence-electron chi connectivity index (χ0n) is 17.3. The quantitative estimate of drug-likeness (QED) is 0.729. The summed E-state index contributed by atoms with van der Waals surface area (Å²) in [6.07, 6.45) is 8.47. The van der Waals surface area contributed by atoms with Crippen LogP contribution in [0.1, 0.15) is 66.2 Å². The predicted molar refractivity (Wildman–Crippen MR) is 104 cm³/mol. The lowest BCUT2D eigenvalue weighted by molar-refractivity contribution is -0.183. The van der Waals surface area contributed by atoms with Crippen LogP contribution in [-0.2, 0) is 14.3 Å². The van der Waals surface area contributed by atoms with Crippen molar-refractivity contribution in [2.24, 2.45) is 46.8 Å². The third kappa shape index (κ3) is 2.13. The molecule has 4 saturated carbocycles. The van der Waals surface area contributed by atoms with Crippen molar-refractivity contribution < 1.29 is 14.3 Å². The zero-order chi connectivity index (χ0) is 19.1. The molecule has 0 unspecified atom stereocenters. The second-order valence-electron chi connectivity index (χ2n) is 10.4. The van der Waals surface area contributed by atoms with E-state index in [0.717, 1.165) is 19.3 Å². The smallest absolute Gasteiger partial charge is 0.162 e. The van der Waals surface area contributed by atoms with Gasteiger partial charge in [0, 0.05) is 18.4 Å². The number of fused-ring (bicyclic) bond motifs is 7. The Morgan fingerprint density at radius 1 is 1.22 bits per heavy atom. The molecule has 0 bridgehead atoms. The summed E-state index contributed by atoms with van der Waals surface area (Å²) < 4.78 is 6.40. The van der Waals surface area contributed by atoms with Crippen molar-refractivity contribution in [3.63, 3.8) is 0 Å². The van der Waals surface area contributed by atoms with Crippen molar-refractivity contribution in [3.05, 3.63) is 11.6 Å². The fourth-order valence-corrected chi connectivity index (χ4v) is 8.74. The van der Waals surface area contributed by atoms with E-state index in [1.54, 1.807) is 6.92 Å². The van der Waals surface area contributed by atoms with Gasteiger partial charge in [-0.25, -0.2) is 0 Å². The van der Waals surface area contributed by atoms with E-state index < -0.39 is 5.60 Å². The van der Waals surface area contributed by atoms with E-state index in [1.807, 2.05) is 13.0 Å². The van der Waals surface area contributed by atoms with Crippen LogP contribution < -0.4 is 0 Å². The van der Waals surface area contributed by atoms with Gasteiger partial charge in [-0.15, -0.1) is 0 Å². The standard InChI is InChI=1S/C24H34O3/c1-5-27-24(14(3)25)21-12-20(21)22-19-10-13(2)18-11-15(26)6-7-16(18)17(19)8-9-23(22,24)4/h11,13,16-17,19-22H,5-10,12H2,1-4H3/t13-,16+,17+,19+,20+,21-,22+,23-,24+/m0/s1. The highest BCUT2D eigenvalue weighted by Gasteiger charge is 2.78. The van der Waals surface area contributed by atoms with E-state index in [9.17, 15) is 9.59 Å². The number of allylic oxidation sites excluding steroid dienone is 1. The third-order valence-electron chi connectivity index (χ3n) is 9.48. The molecular weight excluding hydrogens is 336 g/mol. The van der Waals surface area contributed by atoms with Gasteiger partial charge in [0.15, 0.2) is 11.6 Å². The van der Waals surface area contributed by atoms with Crippen LogP contribution in [0.15, 0.2) is 11.6 Å². The molecule has 0 N–H and O–H groups in total. The lowest BCUT2D eigenvalue weighted by Gasteiger charge is -2.58. The van der Waals surface area contributed by atoms with Crippen LogP contribution in [0, 0.1) is 46.8 Å². The van der Waals surface area contributed by atoms with E-state index in [2.05, 4.69) is 13.8 Å². The average molecular weight is 371 g/mol. The molecule has 0 spiro atoms. The van der Waals surface area contributed by atoms with Crippen molar-refractivity contribution in [2.75, 3.05) is 6.61 Å². The SMILES string of the molecule is CCO[C@]1(C(C)=O)[C@H]2C[C@H]2[C@H]2[C@@H]3C[C@H](C)C4=CC(=O)CC[C@@H]4[C@H]3CC[C@@]21C. The summed E-state index contributed by atoms with van der Waals surface area (Å²) in [4.78, 5) is 25.0. The Morgan fingerprint density at radius 3 is 2.70 bits per heavy atom. The number of hydrogen-bond donors (Lipinski definition) is 0. The van der Waals surface area contributed by atoms with Crippen LogP contribution >= 0.6 is 0 Å². The fraction of sp³-hybridized carbons (Fsp3) is 0.833. The topological polar surface area (TPSA) is 43.4 Å². The largest absolute Gasteiger partial charge is 0.367 e. The lowest BCUT2D eigenvalue weighted by atomic mass is 9.47. The van der Waals surface area contributed by atoms with E-state index >= 15 is 0 Å². The summed E-state index contributed by atoms with van der Waals surface area (Å²) in [7, 11) is 0. The number of ketones is 2. The van der Waals surface area contributed by atoms with Gasteiger partial charge >= 0.3 is 0 Å². The van der Waals surface area contributed by atoms with Gasteiger partial charge in [0.05, 0.1) is 0 Å². The Labute approximate surface area is 163 Å². The van der Waals surface area contributed by atoms with Gasteiger partial charge in [0.1, 0.15) is 5.60 Å². The molecule has 148 valence electrons. The highest BCUT2D eigenvalue weighted by molar-refractivity contribution is 5.91. The number of carbonyl (C=O) groups is 2. The third-order valence-corrected chi connectivity index (χ3v) is 9.48. The van der Waals surface area contributed by atoms with Gasteiger partial charge in [0.2, 0.25) is 0 Å². The Morgan fingerprint density at radius 2 is 2.00 bits per heavy atom. The van der Waals surface area contributed by atoms with Gasteiger partial charge in [-0.1, -0.05) is 19.4 Å². The molecule has 0 aromatic rings. The zero-order valence-corrected chi connectivity index (χ0v) is 17.3. The first-order valence-corrected chi connectivity index (χ1v) is 11.2. The molecule has 3 nitrogen and oxygen atoms in total. The van der Waals surface area contributed by atoms with Gasteiger partial charge in [0.25, 0.3) is 0 Å². The van der Waals surface area contributed by atoms with Crippen LogP contribution in [-0.4, -0.2) is 23.8 Å². The molecule has 5 aliphatic rings. The molecule has 0 aromatic heterocycles. The van der Waals surface area contributed by atoms with Crippen LogP contribution in [0.5, 0.6) is 0 Å². The van der Waals surface area contributed by atoms with Gasteiger partial charge < -0.3 is 4.74 Å². The number of rotatable bonds is 3. The minimum atomic E-state index is -0.538. The van der Waals surface area contributed by atoms with Crippen molar-refractivity contribution in [1.82, 2.24) is 0 Å². The first-order chi connectivity index (χ1) is 12.8. The normalized spacial score (nSPS) is 53.0. The number of ether oxygens (including phenoxy) is 1. The summed E-state index contributed by atoms with van der Waals surface area (Å²) >= 11 is 0. The Hall–Kier alpha value is -0.960. The van der Waals surface area contributed by atoms with Crippen molar-refractivity contribution in [2.45, 2.75) is 71.8 Å². The summed E-state index contributed by atoms with van der Waals surface area (Å²) in [5.74, 6) is 4.89. The molecule has 0 radical (unpaired) electrons. The monoisotopic (exact) mass is 370 g/mol. The van der Waals surface area contributed by atoms with Crippen LogP contribution in [0.25, 0.3) is 0 Å². The molecule has 9 atom stereocenters. The number of hydrogen-bond acceptors (Lipinski definition) is 3. The Bertz CT molecular complexity index is 723. The van der Waals surface area contributed by atoms with Gasteiger partial charge in [-0.2, -0.15) is 0 Å². The molecular formula is C24H34O3. The maximum absolute atomic E-state index is 13.0. The van der Waals surface area contributed by atoms with Crippen LogP contribution in [0.4, 0.5) is 0 Å². The van der Waals surface area contributed by atoms with Gasteiger partial charge in [-0.3, -0.25) is 9.59 Å². The summed E-state index contributed by atoms with van der Waals surface area (Å²) in [5.41, 5.74) is 0.906. The Balaban J connectivity index is 1.54. The van der Waals surface area contributed by atoms with E-state index in [-0.39, 0.29) is 11.2 Å². The molecule has 5 aliphatic carbocycles. The van der Waals surface area contributed by atoms with E-state index in [1.165, 1.54) is 24.8 Å². The van der Waals surface area contributed by atoms with Crippen molar-refractivity contribution in [1.29, 1.82) is 0 Å². The number of Topliss-reactive ketones (excluding diaryl/α,β-unsaturated/α-hetero) is 1. The average Bonchev–Trinajstić information content (AvgIpc) is 3.35. The van der Waals surface area contributed by atoms with Crippen LogP contribution in [0.2, 0.25) is 0 Å². The first kappa shape index (κ1) is 18.1. The molecule has 5 rings (SSSR count). The summed E-state index contributed by atoms with van der Waals surface area (Å²) in [6, 6.07) is 0. The second kappa shape index (κ2) is 5.78. The first-order valence-electron chi connectivity index (χ1n) is 11.2. The molecule has 0 amide bonds. The maximum Gasteiger partial charge on any atom is 0.162 e. The van der Waals surface area contributed by atoms with Crippen molar-refractivity contribution in [3.8, 4) is 0 Å². The fourth-order valence-electron chi connectivity index (χ4n) is 8.74. The predicted octanol–water partition coefficient (Wildman–Crippen LogP) is 4.59. The van der Waals surface area contributed by atoms with E-state index in [0.29, 0.717) is 53.8 Å². The molecule has 4 fully saturated rings. The molecule has 0 aromatic carbocycles. The highest BCUT2D eigenvalue weighted by Crippen LogP contribution is 2.77. The minimum Gasteiger partial charge on any atom is -0.367 e. The van der Waals surface area contributed by atoms with Crippen LogP contribution in [0.3, 0.4) is 0 Å². The summed E-state index contributed by atoms with van der Waals surface area (Å²) in [5, 5.41) is 0. The molecule has 0 heterocycles. The van der Waals surface area contributed by atoms with E-state index in [4.69, 9.17) is 4.74 Å². The summed E-state index contributed by atoms with van der Waals surface area (Å²) in [6.45, 7) is 9.18. The molecule has 27 heavy (non-hydrogen) atoms.